The van der Waals surface area contributed by atoms with Gasteiger partial charge in [0.05, 0.1) is 6.61 Å². The van der Waals surface area contributed by atoms with Gasteiger partial charge < -0.3 is 4.74 Å². The van der Waals surface area contributed by atoms with E-state index < -0.39 is 0 Å². The maximum atomic E-state index is 5.90. The Morgan fingerprint density at radius 1 is 0.727 bits per heavy atom. The molecule has 0 spiro atoms. The summed E-state index contributed by atoms with van der Waals surface area (Å²) >= 11 is 0. The van der Waals surface area contributed by atoms with Crippen LogP contribution in [0.3, 0.4) is 0 Å². The maximum Gasteiger partial charge on any atom is 0.119 e. The minimum absolute atomic E-state index is 0.759. The fourth-order valence-electron chi connectivity index (χ4n) is 5.59. The van der Waals surface area contributed by atoms with Gasteiger partial charge in [0.2, 0.25) is 0 Å². The molecule has 0 radical (unpaired) electrons. The summed E-state index contributed by atoms with van der Waals surface area (Å²) in [6.07, 6.45) is 17.6. The van der Waals surface area contributed by atoms with Crippen molar-refractivity contribution in [2.45, 2.75) is 110 Å². The van der Waals surface area contributed by atoms with Gasteiger partial charge in [0, 0.05) is 0 Å². The average molecular weight is 449 g/mol. The van der Waals surface area contributed by atoms with Crippen molar-refractivity contribution in [3.05, 3.63) is 54.1 Å². The predicted molar refractivity (Wildman–Crippen MR) is 144 cm³/mol. The summed E-state index contributed by atoms with van der Waals surface area (Å²) in [5.74, 6) is 3.68. The second kappa shape index (κ2) is 14.5. The molecule has 3 rings (SSSR count). The first-order chi connectivity index (χ1) is 16.2. The lowest BCUT2D eigenvalue weighted by Gasteiger charge is -2.31. The Kier molecular flexibility index (Phi) is 11.4. The van der Waals surface area contributed by atoms with Crippen molar-refractivity contribution in [3.63, 3.8) is 0 Å². The van der Waals surface area contributed by atoms with E-state index in [9.17, 15) is 0 Å². The van der Waals surface area contributed by atoms with Gasteiger partial charge in [-0.2, -0.15) is 0 Å². The second-order valence-corrected chi connectivity index (χ2v) is 10.4. The SMILES string of the molecule is CCCCCCOc1ccc(-c2ccc(C3CCC(CC(CC)CCCC)CC3)cc2)cc1. The van der Waals surface area contributed by atoms with Crippen LogP contribution in [0.5, 0.6) is 5.75 Å². The van der Waals surface area contributed by atoms with E-state index in [-0.39, 0.29) is 0 Å². The Hall–Kier alpha value is -1.76. The van der Waals surface area contributed by atoms with Crippen molar-refractivity contribution >= 4 is 0 Å². The first-order valence-corrected chi connectivity index (χ1v) is 14.1. The molecule has 0 heterocycles. The van der Waals surface area contributed by atoms with Gasteiger partial charge >= 0.3 is 0 Å². The molecule has 1 fully saturated rings. The molecule has 0 aromatic heterocycles. The van der Waals surface area contributed by atoms with Gasteiger partial charge in [-0.15, -0.1) is 0 Å². The molecule has 1 nitrogen and oxygen atoms in total. The molecule has 1 aliphatic carbocycles. The molecule has 1 saturated carbocycles. The third-order valence-corrected chi connectivity index (χ3v) is 7.89. The smallest absolute Gasteiger partial charge is 0.119 e. The number of hydrogen-bond donors (Lipinski definition) is 0. The molecular formula is C32H48O. The highest BCUT2D eigenvalue weighted by atomic mass is 16.5. The van der Waals surface area contributed by atoms with E-state index in [1.165, 1.54) is 88.2 Å². The van der Waals surface area contributed by atoms with Crippen LogP contribution < -0.4 is 4.74 Å². The summed E-state index contributed by atoms with van der Waals surface area (Å²) in [5, 5.41) is 0. The quantitative estimate of drug-likeness (QED) is 0.261. The summed E-state index contributed by atoms with van der Waals surface area (Å²) in [5.41, 5.74) is 4.13. The third-order valence-electron chi connectivity index (χ3n) is 7.89. The standard InChI is InChI=1S/C32H48O/c1-4-7-9-10-24-33-32-22-20-31(21-23-32)30-18-16-29(17-19-30)28-14-12-27(13-15-28)25-26(6-3)11-8-5-2/h16-23,26-28H,4-15,24-25H2,1-3H3. The number of ether oxygens (including phenoxy) is 1. The summed E-state index contributed by atoms with van der Waals surface area (Å²) in [6, 6.07) is 18.0. The highest BCUT2D eigenvalue weighted by Gasteiger charge is 2.24. The van der Waals surface area contributed by atoms with Crippen LogP contribution in [0, 0.1) is 11.8 Å². The molecule has 0 saturated heterocycles. The Balaban J connectivity index is 1.45. The van der Waals surface area contributed by atoms with Gasteiger partial charge in [-0.3, -0.25) is 0 Å². The fraction of sp³-hybridized carbons (Fsp3) is 0.625. The zero-order valence-electron chi connectivity index (χ0n) is 21.7. The largest absolute Gasteiger partial charge is 0.494 e. The Morgan fingerprint density at radius 2 is 1.36 bits per heavy atom. The zero-order valence-corrected chi connectivity index (χ0v) is 21.7. The molecular weight excluding hydrogens is 400 g/mol. The van der Waals surface area contributed by atoms with Crippen LogP contribution in [0.4, 0.5) is 0 Å². The van der Waals surface area contributed by atoms with Crippen LogP contribution in [0.2, 0.25) is 0 Å². The Bertz CT molecular complexity index is 752. The Labute approximate surface area is 204 Å². The highest BCUT2D eigenvalue weighted by molar-refractivity contribution is 5.64. The number of rotatable bonds is 14. The maximum absolute atomic E-state index is 5.90. The summed E-state index contributed by atoms with van der Waals surface area (Å²) in [6.45, 7) is 7.79. The monoisotopic (exact) mass is 448 g/mol. The molecule has 0 aliphatic heterocycles. The predicted octanol–water partition coefficient (Wildman–Crippen LogP) is 10.2. The van der Waals surface area contributed by atoms with E-state index >= 15 is 0 Å². The summed E-state index contributed by atoms with van der Waals surface area (Å²) in [4.78, 5) is 0. The van der Waals surface area contributed by atoms with Crippen LogP contribution in [0.1, 0.15) is 116 Å². The van der Waals surface area contributed by atoms with Crippen LogP contribution in [0.15, 0.2) is 48.5 Å². The van der Waals surface area contributed by atoms with E-state index in [4.69, 9.17) is 4.74 Å². The lowest BCUT2D eigenvalue weighted by atomic mass is 9.74. The summed E-state index contributed by atoms with van der Waals surface area (Å²) < 4.78 is 5.90. The van der Waals surface area contributed by atoms with Crippen molar-refractivity contribution < 1.29 is 4.74 Å². The third kappa shape index (κ3) is 8.51. The zero-order chi connectivity index (χ0) is 23.3. The lowest BCUT2D eigenvalue weighted by Crippen LogP contribution is -2.16. The number of unbranched alkanes of at least 4 members (excludes halogenated alkanes) is 4. The van der Waals surface area contributed by atoms with Crippen molar-refractivity contribution in [1.29, 1.82) is 0 Å². The van der Waals surface area contributed by atoms with Gasteiger partial charge in [-0.05, 0) is 85.1 Å². The van der Waals surface area contributed by atoms with E-state index in [0.717, 1.165) is 36.5 Å². The normalized spacial score (nSPS) is 19.4. The molecule has 0 amide bonds. The first-order valence-electron chi connectivity index (χ1n) is 14.1. The minimum atomic E-state index is 0.759. The van der Waals surface area contributed by atoms with E-state index in [1.54, 1.807) is 5.56 Å². The van der Waals surface area contributed by atoms with Crippen LogP contribution in [-0.4, -0.2) is 6.61 Å². The van der Waals surface area contributed by atoms with Gasteiger partial charge in [0.1, 0.15) is 5.75 Å². The molecule has 182 valence electrons. The van der Waals surface area contributed by atoms with Crippen LogP contribution in [-0.2, 0) is 0 Å². The van der Waals surface area contributed by atoms with E-state index in [0.29, 0.717) is 0 Å². The summed E-state index contributed by atoms with van der Waals surface area (Å²) in [7, 11) is 0. The second-order valence-electron chi connectivity index (χ2n) is 10.4. The van der Waals surface area contributed by atoms with Crippen molar-refractivity contribution in [3.8, 4) is 16.9 Å². The first kappa shape index (κ1) is 25.9. The molecule has 1 heteroatoms. The number of hydrogen-bond acceptors (Lipinski definition) is 1. The molecule has 0 N–H and O–H groups in total. The van der Waals surface area contributed by atoms with Crippen molar-refractivity contribution in [2.75, 3.05) is 6.61 Å². The number of benzene rings is 2. The molecule has 0 bridgehead atoms. The lowest BCUT2D eigenvalue weighted by molar-refractivity contribution is 0.256. The van der Waals surface area contributed by atoms with Crippen molar-refractivity contribution in [2.24, 2.45) is 11.8 Å². The topological polar surface area (TPSA) is 9.23 Å². The van der Waals surface area contributed by atoms with Gasteiger partial charge in [0.25, 0.3) is 0 Å². The molecule has 1 aliphatic rings. The van der Waals surface area contributed by atoms with E-state index in [1.807, 2.05) is 0 Å². The Morgan fingerprint density at radius 3 is 1.97 bits per heavy atom. The van der Waals surface area contributed by atoms with Crippen LogP contribution in [0.25, 0.3) is 11.1 Å². The molecule has 33 heavy (non-hydrogen) atoms. The molecule has 1 atom stereocenters. The fourth-order valence-corrected chi connectivity index (χ4v) is 5.59. The average Bonchev–Trinajstić information content (AvgIpc) is 2.87. The van der Waals surface area contributed by atoms with Gasteiger partial charge in [-0.1, -0.05) is 102 Å². The minimum Gasteiger partial charge on any atom is -0.494 e. The highest BCUT2D eigenvalue weighted by Crippen LogP contribution is 2.39. The van der Waals surface area contributed by atoms with Gasteiger partial charge in [0.15, 0.2) is 0 Å². The van der Waals surface area contributed by atoms with E-state index in [2.05, 4.69) is 69.3 Å². The van der Waals surface area contributed by atoms with Crippen molar-refractivity contribution in [1.82, 2.24) is 0 Å². The van der Waals surface area contributed by atoms with Gasteiger partial charge in [-0.25, -0.2) is 0 Å². The molecule has 2 aromatic carbocycles. The molecule has 2 aromatic rings. The van der Waals surface area contributed by atoms with Crippen LogP contribution >= 0.6 is 0 Å². The molecule has 1 unspecified atom stereocenters.